The van der Waals surface area contributed by atoms with Gasteiger partial charge < -0.3 is 14.9 Å². The van der Waals surface area contributed by atoms with E-state index in [9.17, 15) is 23.4 Å². The molecule has 0 spiro atoms. The summed E-state index contributed by atoms with van der Waals surface area (Å²) in [5.74, 6) is 0.233. The van der Waals surface area contributed by atoms with E-state index in [2.05, 4.69) is 5.32 Å². The van der Waals surface area contributed by atoms with Crippen LogP contribution in [0.2, 0.25) is 0 Å². The van der Waals surface area contributed by atoms with Crippen LogP contribution in [0.25, 0.3) is 0 Å². The minimum absolute atomic E-state index is 0.0432. The Morgan fingerprint density at radius 2 is 2.11 bits per heavy atom. The Morgan fingerprint density at radius 3 is 2.72 bits per heavy atom. The zero-order valence-corrected chi connectivity index (χ0v) is 9.29. The molecule has 100 valence electrons. The van der Waals surface area contributed by atoms with Crippen molar-refractivity contribution in [3.63, 3.8) is 0 Å². The Kier molecular flexibility index (Phi) is 3.12. The van der Waals surface area contributed by atoms with E-state index in [1.807, 2.05) is 0 Å². The summed E-state index contributed by atoms with van der Waals surface area (Å²) in [6.45, 7) is -1.86. The number of benzene rings is 1. The predicted octanol–water partition coefficient (Wildman–Crippen LogP) is 1.12. The van der Waals surface area contributed by atoms with E-state index in [-0.39, 0.29) is 18.1 Å². The Morgan fingerprint density at radius 1 is 1.39 bits per heavy atom. The van der Waals surface area contributed by atoms with Crippen molar-refractivity contribution in [3.05, 3.63) is 23.8 Å². The first-order chi connectivity index (χ1) is 8.36. The second-order valence-corrected chi connectivity index (χ2v) is 4.18. The van der Waals surface area contributed by atoms with Gasteiger partial charge in [0.25, 0.3) is 0 Å². The number of nitrogens with one attached hydrogen (secondary N) is 1. The van der Waals surface area contributed by atoms with Crippen LogP contribution in [0.1, 0.15) is 5.56 Å². The lowest BCUT2D eigenvalue weighted by molar-refractivity contribution is -0.130. The molecule has 1 aliphatic rings. The summed E-state index contributed by atoms with van der Waals surface area (Å²) in [5.41, 5.74) is -0.870. The van der Waals surface area contributed by atoms with E-state index in [4.69, 9.17) is 4.74 Å². The quantitative estimate of drug-likeness (QED) is 0.765. The number of fused-ring (bicyclic) bond motifs is 1. The van der Waals surface area contributed by atoms with E-state index >= 15 is 0 Å². The zero-order chi connectivity index (χ0) is 13.4. The molecule has 7 heteroatoms. The third-order valence-corrected chi connectivity index (χ3v) is 2.85. The lowest BCUT2D eigenvalue weighted by Crippen LogP contribution is -2.50. The number of phenols is 1. The van der Waals surface area contributed by atoms with Crippen molar-refractivity contribution in [2.75, 3.05) is 19.8 Å². The van der Waals surface area contributed by atoms with E-state index in [0.29, 0.717) is 5.56 Å². The van der Waals surface area contributed by atoms with Crippen molar-refractivity contribution in [2.45, 2.75) is 11.7 Å². The molecule has 0 radical (unpaired) electrons. The lowest BCUT2D eigenvalue weighted by atomic mass is 9.93. The molecule has 1 unspecified atom stereocenters. The number of hydrogen-bond donors (Lipinski definition) is 3. The van der Waals surface area contributed by atoms with Gasteiger partial charge in [0.2, 0.25) is 0 Å². The van der Waals surface area contributed by atoms with Crippen LogP contribution in [0.5, 0.6) is 11.5 Å². The Labute approximate surface area is 101 Å². The van der Waals surface area contributed by atoms with Crippen molar-refractivity contribution in [3.8, 4) is 11.5 Å². The molecule has 0 saturated carbocycles. The molecule has 0 saturated heterocycles. The average Bonchev–Trinajstić information content (AvgIpc) is 2.64. The largest absolute Gasteiger partial charge is 0.508 e. The normalized spacial score (nSPS) is 22.7. The summed E-state index contributed by atoms with van der Waals surface area (Å²) in [4.78, 5) is 0. The molecule has 1 aromatic carbocycles. The van der Waals surface area contributed by atoms with Gasteiger partial charge in [0.1, 0.15) is 23.6 Å². The topological polar surface area (TPSA) is 61.7 Å². The van der Waals surface area contributed by atoms with Crippen molar-refractivity contribution in [1.29, 1.82) is 0 Å². The monoisotopic (exact) mass is 263 g/mol. The van der Waals surface area contributed by atoms with Crippen LogP contribution in [0.4, 0.5) is 13.2 Å². The van der Waals surface area contributed by atoms with Gasteiger partial charge in [-0.2, -0.15) is 13.2 Å². The number of aromatic hydroxyl groups is 1. The minimum atomic E-state index is -4.37. The molecule has 2 rings (SSSR count). The maximum Gasteiger partial charge on any atom is 0.401 e. The molecular formula is C11H12F3NO3. The highest BCUT2D eigenvalue weighted by atomic mass is 19.4. The number of halogens is 3. The van der Waals surface area contributed by atoms with Gasteiger partial charge in [-0.15, -0.1) is 0 Å². The number of aliphatic hydroxyl groups is 1. The zero-order valence-electron chi connectivity index (χ0n) is 9.29. The van der Waals surface area contributed by atoms with Gasteiger partial charge in [-0.25, -0.2) is 0 Å². The van der Waals surface area contributed by atoms with E-state index < -0.39 is 24.9 Å². The number of phenolic OH excluding ortho intramolecular Hbond substituents is 1. The molecule has 18 heavy (non-hydrogen) atoms. The molecule has 3 N–H and O–H groups in total. The van der Waals surface area contributed by atoms with Crippen molar-refractivity contribution in [2.24, 2.45) is 0 Å². The first-order valence-electron chi connectivity index (χ1n) is 5.25. The van der Waals surface area contributed by atoms with Gasteiger partial charge in [-0.05, 0) is 12.1 Å². The summed E-state index contributed by atoms with van der Waals surface area (Å²) < 4.78 is 41.9. The van der Waals surface area contributed by atoms with Gasteiger partial charge in [0.15, 0.2) is 0 Å². The molecule has 0 fully saturated rings. The van der Waals surface area contributed by atoms with Crippen LogP contribution < -0.4 is 10.1 Å². The van der Waals surface area contributed by atoms with Crippen LogP contribution in [0.3, 0.4) is 0 Å². The molecule has 1 aliphatic heterocycles. The number of aliphatic hydroxyl groups excluding tert-OH is 1. The van der Waals surface area contributed by atoms with Crippen LogP contribution >= 0.6 is 0 Å². The highest BCUT2D eigenvalue weighted by Gasteiger charge is 2.43. The highest BCUT2D eigenvalue weighted by Crippen LogP contribution is 2.39. The second kappa shape index (κ2) is 4.33. The smallest absolute Gasteiger partial charge is 0.401 e. The van der Waals surface area contributed by atoms with Gasteiger partial charge >= 0.3 is 6.18 Å². The van der Waals surface area contributed by atoms with Gasteiger partial charge in [-0.1, -0.05) is 0 Å². The van der Waals surface area contributed by atoms with Crippen molar-refractivity contribution < 1.29 is 28.1 Å². The highest BCUT2D eigenvalue weighted by molar-refractivity contribution is 5.47. The molecule has 0 aliphatic carbocycles. The van der Waals surface area contributed by atoms with Crippen molar-refractivity contribution >= 4 is 0 Å². The van der Waals surface area contributed by atoms with Crippen LogP contribution in [0, 0.1) is 0 Å². The maximum atomic E-state index is 12.2. The third-order valence-electron chi connectivity index (χ3n) is 2.85. The fourth-order valence-electron chi connectivity index (χ4n) is 1.91. The predicted molar refractivity (Wildman–Crippen MR) is 56.4 cm³/mol. The van der Waals surface area contributed by atoms with Crippen LogP contribution in [0.15, 0.2) is 18.2 Å². The Balaban J connectivity index is 2.26. The number of alkyl halides is 3. The van der Waals surface area contributed by atoms with Crippen LogP contribution in [-0.2, 0) is 5.54 Å². The summed E-state index contributed by atoms with van der Waals surface area (Å²) in [5, 5.41) is 20.9. The summed E-state index contributed by atoms with van der Waals surface area (Å²) in [7, 11) is 0. The number of ether oxygens (including phenoxy) is 1. The maximum absolute atomic E-state index is 12.2. The third kappa shape index (κ3) is 2.37. The van der Waals surface area contributed by atoms with Gasteiger partial charge in [0, 0.05) is 11.6 Å². The van der Waals surface area contributed by atoms with Crippen molar-refractivity contribution in [1.82, 2.24) is 5.32 Å². The molecule has 1 heterocycles. The summed E-state index contributed by atoms with van der Waals surface area (Å²) in [6.07, 6.45) is -4.37. The number of rotatable bonds is 3. The summed E-state index contributed by atoms with van der Waals surface area (Å²) in [6, 6.07) is 4.09. The van der Waals surface area contributed by atoms with Gasteiger partial charge in [0.05, 0.1) is 13.2 Å². The molecule has 0 amide bonds. The summed E-state index contributed by atoms with van der Waals surface area (Å²) >= 11 is 0. The standard InChI is InChI=1S/C11H12F3NO3/c12-11(13,14)4-15-10(5-16)6-18-9-3-7(17)1-2-8(9)10/h1-3,15-17H,4-6H2. The fraction of sp³-hybridized carbons (Fsp3) is 0.455. The molecule has 1 aromatic rings. The van der Waals surface area contributed by atoms with Crippen LogP contribution in [-0.4, -0.2) is 36.1 Å². The van der Waals surface area contributed by atoms with Gasteiger partial charge in [-0.3, -0.25) is 5.32 Å². The van der Waals surface area contributed by atoms with E-state index in [0.717, 1.165) is 0 Å². The molecule has 1 atom stereocenters. The van der Waals surface area contributed by atoms with E-state index in [1.165, 1.54) is 18.2 Å². The minimum Gasteiger partial charge on any atom is -0.508 e. The van der Waals surface area contributed by atoms with E-state index in [1.54, 1.807) is 0 Å². The first kappa shape index (κ1) is 13.0. The fourth-order valence-corrected chi connectivity index (χ4v) is 1.91. The molecule has 0 aromatic heterocycles. The lowest BCUT2D eigenvalue weighted by Gasteiger charge is -2.27. The SMILES string of the molecule is OCC1(NCC(F)(F)F)COc2cc(O)ccc21. The Bertz CT molecular complexity index is 450. The second-order valence-electron chi connectivity index (χ2n) is 4.18. The molecule has 0 bridgehead atoms. The number of hydrogen-bond acceptors (Lipinski definition) is 4. The Hall–Kier alpha value is -1.47. The average molecular weight is 263 g/mol. The first-order valence-corrected chi connectivity index (χ1v) is 5.25. The molecular weight excluding hydrogens is 251 g/mol. The molecule has 4 nitrogen and oxygen atoms in total.